The number of nitrogen functional groups attached to an aromatic ring is 1. The molecule has 0 spiro atoms. The third-order valence-electron chi connectivity index (χ3n) is 2.52. The predicted molar refractivity (Wildman–Crippen MR) is 72.8 cm³/mol. The summed E-state index contributed by atoms with van der Waals surface area (Å²) in [6.45, 7) is -0.504. The molecule has 0 heterocycles. The quantitative estimate of drug-likeness (QED) is 0.443. The standard InChI is InChI=1S/C12H16N4O4/c1-20-12(19)7-3-2-4-8(11(7)15)16(5-9(13)17)6-10(14)18/h2-4H,5-6,15H2,1H3,(H2,13,17)(H2,14,18). The molecule has 108 valence electrons. The third kappa shape index (κ3) is 3.61. The molecule has 0 fully saturated rings. The smallest absolute Gasteiger partial charge is 0.340 e. The molecule has 1 rings (SSSR count). The number of benzene rings is 1. The SMILES string of the molecule is COC(=O)c1cccc(N(CC(N)=O)CC(N)=O)c1N. The molecule has 0 atom stereocenters. The van der Waals surface area contributed by atoms with Gasteiger partial charge < -0.3 is 26.8 Å². The number of esters is 1. The van der Waals surface area contributed by atoms with Gasteiger partial charge in [0.05, 0.1) is 37.1 Å². The van der Waals surface area contributed by atoms with Gasteiger partial charge in [0.2, 0.25) is 11.8 Å². The Hall–Kier alpha value is -2.77. The van der Waals surface area contributed by atoms with Gasteiger partial charge in [0, 0.05) is 0 Å². The van der Waals surface area contributed by atoms with Crippen molar-refractivity contribution in [2.24, 2.45) is 11.5 Å². The first-order valence-electron chi connectivity index (χ1n) is 5.65. The molecular formula is C12H16N4O4. The van der Waals surface area contributed by atoms with Gasteiger partial charge >= 0.3 is 5.97 Å². The number of primary amides is 2. The van der Waals surface area contributed by atoms with Crippen molar-refractivity contribution in [2.45, 2.75) is 0 Å². The van der Waals surface area contributed by atoms with Crippen LogP contribution < -0.4 is 22.1 Å². The van der Waals surface area contributed by atoms with Crippen LogP contribution in [0.25, 0.3) is 0 Å². The first kappa shape index (κ1) is 15.3. The summed E-state index contributed by atoms with van der Waals surface area (Å²) >= 11 is 0. The fourth-order valence-electron chi connectivity index (χ4n) is 1.72. The minimum atomic E-state index is -0.658. The number of ether oxygens (including phenoxy) is 1. The van der Waals surface area contributed by atoms with E-state index in [1.54, 1.807) is 12.1 Å². The van der Waals surface area contributed by atoms with Crippen LogP contribution in [-0.4, -0.2) is 38.0 Å². The maximum Gasteiger partial charge on any atom is 0.340 e. The monoisotopic (exact) mass is 280 g/mol. The molecule has 0 aliphatic rings. The molecule has 0 saturated heterocycles. The number of anilines is 2. The second-order valence-corrected chi connectivity index (χ2v) is 4.02. The van der Waals surface area contributed by atoms with E-state index in [-0.39, 0.29) is 24.3 Å². The third-order valence-corrected chi connectivity index (χ3v) is 2.52. The van der Waals surface area contributed by atoms with Crippen LogP contribution in [-0.2, 0) is 14.3 Å². The molecule has 0 saturated carbocycles. The van der Waals surface area contributed by atoms with E-state index in [0.717, 1.165) is 0 Å². The lowest BCUT2D eigenvalue weighted by Crippen LogP contribution is -2.40. The number of hydrogen-bond acceptors (Lipinski definition) is 6. The first-order chi connectivity index (χ1) is 9.36. The van der Waals surface area contributed by atoms with Crippen molar-refractivity contribution in [1.29, 1.82) is 0 Å². The highest BCUT2D eigenvalue weighted by Crippen LogP contribution is 2.27. The van der Waals surface area contributed by atoms with Crippen LogP contribution >= 0.6 is 0 Å². The molecule has 6 N–H and O–H groups in total. The highest BCUT2D eigenvalue weighted by Gasteiger charge is 2.19. The van der Waals surface area contributed by atoms with Crippen LogP contribution in [0, 0.1) is 0 Å². The lowest BCUT2D eigenvalue weighted by molar-refractivity contribution is -0.117. The van der Waals surface area contributed by atoms with E-state index in [9.17, 15) is 14.4 Å². The van der Waals surface area contributed by atoms with Gasteiger partial charge in [-0.05, 0) is 12.1 Å². The summed E-state index contributed by atoms with van der Waals surface area (Å²) in [5.41, 5.74) is 16.6. The van der Waals surface area contributed by atoms with E-state index >= 15 is 0 Å². The summed E-state index contributed by atoms with van der Waals surface area (Å²) in [7, 11) is 1.22. The molecule has 20 heavy (non-hydrogen) atoms. The minimum absolute atomic E-state index is 0.0850. The zero-order valence-corrected chi connectivity index (χ0v) is 11.0. The maximum atomic E-state index is 11.5. The van der Waals surface area contributed by atoms with Crippen molar-refractivity contribution in [3.8, 4) is 0 Å². The van der Waals surface area contributed by atoms with E-state index in [0.29, 0.717) is 5.69 Å². The molecule has 2 amide bonds. The van der Waals surface area contributed by atoms with Gasteiger partial charge in [-0.2, -0.15) is 0 Å². The number of methoxy groups -OCH3 is 1. The van der Waals surface area contributed by atoms with E-state index in [1.165, 1.54) is 18.1 Å². The fourth-order valence-corrected chi connectivity index (χ4v) is 1.72. The van der Waals surface area contributed by atoms with Crippen molar-refractivity contribution in [3.05, 3.63) is 23.8 Å². The number of amides is 2. The Morgan fingerprint density at radius 1 is 1.15 bits per heavy atom. The van der Waals surface area contributed by atoms with Crippen LogP contribution in [0.15, 0.2) is 18.2 Å². The summed E-state index contributed by atoms with van der Waals surface area (Å²) < 4.78 is 4.59. The van der Waals surface area contributed by atoms with E-state index < -0.39 is 17.8 Å². The number of para-hydroxylation sites is 1. The Kier molecular flexibility index (Phi) is 4.90. The van der Waals surface area contributed by atoms with Crippen molar-refractivity contribution < 1.29 is 19.1 Å². The van der Waals surface area contributed by atoms with Gasteiger partial charge in [-0.1, -0.05) is 6.07 Å². The summed E-state index contributed by atoms with van der Waals surface area (Å²) in [6, 6.07) is 4.57. The Morgan fingerprint density at radius 2 is 1.70 bits per heavy atom. The Balaban J connectivity index is 3.22. The Labute approximate surface area is 115 Å². The van der Waals surface area contributed by atoms with Gasteiger partial charge in [0.1, 0.15) is 0 Å². The topological polar surface area (TPSA) is 142 Å². The molecule has 0 aromatic heterocycles. The van der Waals surface area contributed by atoms with Gasteiger partial charge in [0.15, 0.2) is 0 Å². The number of carbonyl (C=O) groups is 3. The predicted octanol–water partition coefficient (Wildman–Crippen LogP) is -1.17. The Morgan fingerprint density at radius 3 is 2.15 bits per heavy atom. The maximum absolute atomic E-state index is 11.5. The molecule has 0 aliphatic heterocycles. The summed E-state index contributed by atoms with van der Waals surface area (Å²) in [5, 5.41) is 0. The molecule has 1 aromatic rings. The minimum Gasteiger partial charge on any atom is -0.465 e. The van der Waals surface area contributed by atoms with Gasteiger partial charge in [-0.3, -0.25) is 9.59 Å². The van der Waals surface area contributed by atoms with Gasteiger partial charge in [-0.25, -0.2) is 4.79 Å². The van der Waals surface area contributed by atoms with Crippen LogP contribution in [0.1, 0.15) is 10.4 Å². The number of nitrogens with zero attached hydrogens (tertiary/aromatic N) is 1. The highest BCUT2D eigenvalue weighted by atomic mass is 16.5. The summed E-state index contributed by atoms with van der Waals surface area (Å²) in [4.78, 5) is 34.9. The molecule has 0 aliphatic carbocycles. The second kappa shape index (κ2) is 6.41. The molecule has 8 heteroatoms. The highest BCUT2D eigenvalue weighted by molar-refractivity contribution is 5.99. The summed E-state index contributed by atoms with van der Waals surface area (Å²) in [6.07, 6.45) is 0. The number of rotatable bonds is 6. The molecule has 0 bridgehead atoms. The first-order valence-corrected chi connectivity index (χ1v) is 5.65. The zero-order chi connectivity index (χ0) is 15.3. The van der Waals surface area contributed by atoms with E-state index in [1.807, 2.05) is 0 Å². The lowest BCUT2D eigenvalue weighted by Gasteiger charge is -2.24. The van der Waals surface area contributed by atoms with Crippen molar-refractivity contribution in [1.82, 2.24) is 0 Å². The fraction of sp³-hybridized carbons (Fsp3) is 0.250. The number of nitrogens with two attached hydrogens (primary N) is 3. The number of carbonyl (C=O) groups excluding carboxylic acids is 3. The van der Waals surface area contributed by atoms with Gasteiger partial charge in [-0.15, -0.1) is 0 Å². The van der Waals surface area contributed by atoms with Crippen LogP contribution in [0.5, 0.6) is 0 Å². The molecule has 8 nitrogen and oxygen atoms in total. The molecule has 0 unspecified atom stereocenters. The lowest BCUT2D eigenvalue weighted by atomic mass is 10.1. The molecular weight excluding hydrogens is 264 g/mol. The number of hydrogen-bond donors (Lipinski definition) is 3. The average Bonchev–Trinajstić information content (AvgIpc) is 2.36. The summed E-state index contributed by atoms with van der Waals surface area (Å²) in [5.74, 6) is -1.94. The van der Waals surface area contributed by atoms with E-state index in [2.05, 4.69) is 4.74 Å². The largest absolute Gasteiger partial charge is 0.465 e. The average molecular weight is 280 g/mol. The zero-order valence-electron chi connectivity index (χ0n) is 11.0. The second-order valence-electron chi connectivity index (χ2n) is 4.02. The van der Waals surface area contributed by atoms with Crippen molar-refractivity contribution in [3.63, 3.8) is 0 Å². The van der Waals surface area contributed by atoms with Crippen molar-refractivity contribution in [2.75, 3.05) is 30.8 Å². The normalized spacial score (nSPS) is 9.85. The Bertz CT molecular complexity index is 528. The molecule has 1 aromatic carbocycles. The molecule has 0 radical (unpaired) electrons. The van der Waals surface area contributed by atoms with Gasteiger partial charge in [0.25, 0.3) is 0 Å². The van der Waals surface area contributed by atoms with Crippen molar-refractivity contribution >= 4 is 29.2 Å². The van der Waals surface area contributed by atoms with Crippen LogP contribution in [0.4, 0.5) is 11.4 Å². The van der Waals surface area contributed by atoms with Crippen LogP contribution in [0.2, 0.25) is 0 Å². The van der Waals surface area contributed by atoms with E-state index in [4.69, 9.17) is 17.2 Å². The van der Waals surface area contributed by atoms with Crippen LogP contribution in [0.3, 0.4) is 0 Å².